The van der Waals surface area contributed by atoms with E-state index < -0.39 is 10.0 Å². The van der Waals surface area contributed by atoms with Crippen LogP contribution >= 0.6 is 0 Å². The molecule has 1 N–H and O–H groups in total. The molecule has 1 fully saturated rings. The van der Waals surface area contributed by atoms with Crippen molar-refractivity contribution in [3.63, 3.8) is 0 Å². The molecule has 0 bridgehead atoms. The zero-order valence-electron chi connectivity index (χ0n) is 15.7. The van der Waals surface area contributed by atoms with Gasteiger partial charge in [0, 0.05) is 25.6 Å². The number of piperidine rings is 1. The van der Waals surface area contributed by atoms with Gasteiger partial charge < -0.3 is 10.1 Å². The molecule has 1 amide bonds. The van der Waals surface area contributed by atoms with Crippen LogP contribution in [-0.4, -0.2) is 45.4 Å². The summed E-state index contributed by atoms with van der Waals surface area (Å²) in [5.41, 5.74) is 0.947. The number of benzene rings is 1. The summed E-state index contributed by atoms with van der Waals surface area (Å²) in [6, 6.07) is 5.29. The fourth-order valence-corrected chi connectivity index (χ4v) is 4.73. The van der Waals surface area contributed by atoms with Crippen molar-refractivity contribution in [3.05, 3.63) is 36.4 Å². The molecule has 2 rings (SSSR count). The average molecular weight is 381 g/mol. The number of amides is 1. The molecule has 0 unspecified atom stereocenters. The average Bonchev–Trinajstić information content (AvgIpc) is 2.65. The number of rotatable bonds is 7. The van der Waals surface area contributed by atoms with Gasteiger partial charge in [-0.25, -0.2) is 8.42 Å². The van der Waals surface area contributed by atoms with Crippen LogP contribution in [0.5, 0.6) is 5.75 Å². The van der Waals surface area contributed by atoms with Gasteiger partial charge in [0.25, 0.3) is 0 Å². The SMILES string of the molecule is C=CCNC(=O)C1CCN(S(=O)(=O)c2cc(C(C)C)ccc2OC)CC1. The molecule has 144 valence electrons. The summed E-state index contributed by atoms with van der Waals surface area (Å²) < 4.78 is 33.0. The molecule has 1 aliphatic heterocycles. The molecular weight excluding hydrogens is 352 g/mol. The molecular formula is C19H28N2O4S. The number of nitrogens with zero attached hydrogens (tertiary/aromatic N) is 1. The third-order valence-corrected chi connectivity index (χ3v) is 6.64. The number of hydrogen-bond acceptors (Lipinski definition) is 4. The van der Waals surface area contributed by atoms with E-state index in [1.165, 1.54) is 11.4 Å². The zero-order valence-corrected chi connectivity index (χ0v) is 16.5. The molecule has 0 aliphatic carbocycles. The van der Waals surface area contributed by atoms with Gasteiger partial charge in [-0.1, -0.05) is 26.0 Å². The van der Waals surface area contributed by atoms with Crippen molar-refractivity contribution in [2.24, 2.45) is 5.92 Å². The highest BCUT2D eigenvalue weighted by atomic mass is 32.2. The third kappa shape index (κ3) is 4.45. The van der Waals surface area contributed by atoms with Crippen molar-refractivity contribution < 1.29 is 17.9 Å². The van der Waals surface area contributed by atoms with Crippen molar-refractivity contribution in [1.82, 2.24) is 9.62 Å². The third-order valence-electron chi connectivity index (χ3n) is 4.72. The van der Waals surface area contributed by atoms with Gasteiger partial charge in [-0.15, -0.1) is 6.58 Å². The second-order valence-electron chi connectivity index (χ2n) is 6.78. The van der Waals surface area contributed by atoms with Crippen LogP contribution in [0.1, 0.15) is 38.2 Å². The van der Waals surface area contributed by atoms with Crippen molar-refractivity contribution in [1.29, 1.82) is 0 Å². The highest BCUT2D eigenvalue weighted by molar-refractivity contribution is 7.89. The van der Waals surface area contributed by atoms with E-state index in [9.17, 15) is 13.2 Å². The molecule has 0 atom stereocenters. The maximum absolute atomic E-state index is 13.1. The van der Waals surface area contributed by atoms with E-state index in [1.54, 1.807) is 18.2 Å². The van der Waals surface area contributed by atoms with Gasteiger partial charge in [0.15, 0.2) is 0 Å². The summed E-state index contributed by atoms with van der Waals surface area (Å²) in [7, 11) is -2.19. The lowest BCUT2D eigenvalue weighted by Crippen LogP contribution is -2.43. The van der Waals surface area contributed by atoms with Crippen LogP contribution in [-0.2, 0) is 14.8 Å². The molecule has 26 heavy (non-hydrogen) atoms. The number of nitrogens with one attached hydrogen (secondary N) is 1. The van der Waals surface area contributed by atoms with Crippen LogP contribution in [0.25, 0.3) is 0 Å². The second kappa shape index (κ2) is 8.68. The minimum absolute atomic E-state index is 0.0404. The summed E-state index contributed by atoms with van der Waals surface area (Å²) >= 11 is 0. The van der Waals surface area contributed by atoms with Crippen LogP contribution in [0, 0.1) is 5.92 Å². The van der Waals surface area contributed by atoms with Gasteiger partial charge >= 0.3 is 0 Å². The predicted octanol–water partition coefficient (Wildman–Crippen LogP) is 2.52. The molecule has 6 nitrogen and oxygen atoms in total. The topological polar surface area (TPSA) is 75.7 Å². The molecule has 0 spiro atoms. The molecule has 7 heteroatoms. The summed E-state index contributed by atoms with van der Waals surface area (Å²) in [4.78, 5) is 12.3. The molecule has 1 aromatic rings. The summed E-state index contributed by atoms with van der Waals surface area (Å²) in [6.45, 7) is 8.69. The van der Waals surface area contributed by atoms with E-state index in [1.807, 2.05) is 19.9 Å². The lowest BCUT2D eigenvalue weighted by Gasteiger charge is -2.31. The molecule has 0 radical (unpaired) electrons. The molecule has 1 aromatic carbocycles. The number of carbonyl (C=O) groups is 1. The van der Waals surface area contributed by atoms with Crippen molar-refractivity contribution >= 4 is 15.9 Å². The lowest BCUT2D eigenvalue weighted by atomic mass is 9.97. The molecule has 0 saturated carbocycles. The van der Waals surface area contributed by atoms with Gasteiger partial charge in [-0.2, -0.15) is 4.31 Å². The number of methoxy groups -OCH3 is 1. The van der Waals surface area contributed by atoms with E-state index in [2.05, 4.69) is 11.9 Å². The van der Waals surface area contributed by atoms with Crippen LogP contribution in [0.3, 0.4) is 0 Å². The number of carbonyl (C=O) groups excluding carboxylic acids is 1. The Morgan fingerprint density at radius 3 is 2.58 bits per heavy atom. The Labute approximate surface area is 156 Å². The van der Waals surface area contributed by atoms with Gasteiger partial charge in [0.05, 0.1) is 7.11 Å². The summed E-state index contributed by atoms with van der Waals surface area (Å²) in [5.74, 6) is 0.362. The van der Waals surface area contributed by atoms with E-state index in [0.29, 0.717) is 38.2 Å². The zero-order chi connectivity index (χ0) is 19.3. The van der Waals surface area contributed by atoms with Crippen LogP contribution in [0.2, 0.25) is 0 Å². The van der Waals surface area contributed by atoms with Crippen LogP contribution < -0.4 is 10.1 Å². The molecule has 0 aromatic heterocycles. The minimum Gasteiger partial charge on any atom is -0.495 e. The fraction of sp³-hybridized carbons (Fsp3) is 0.526. The first-order valence-electron chi connectivity index (χ1n) is 8.88. The van der Waals surface area contributed by atoms with E-state index in [0.717, 1.165) is 5.56 Å². The quantitative estimate of drug-likeness (QED) is 0.738. The standard InChI is InChI=1S/C19H28N2O4S/c1-5-10-20-19(22)15-8-11-21(12-9-15)26(23,24)18-13-16(14(2)3)6-7-17(18)25-4/h5-7,13-15H,1,8-12H2,2-4H3,(H,20,22). The summed E-state index contributed by atoms with van der Waals surface area (Å²) in [6.07, 6.45) is 2.65. The predicted molar refractivity (Wildman–Crippen MR) is 102 cm³/mol. The Morgan fingerprint density at radius 2 is 2.04 bits per heavy atom. The maximum Gasteiger partial charge on any atom is 0.246 e. The normalized spacial score (nSPS) is 16.5. The first kappa shape index (κ1) is 20.5. The number of hydrogen-bond donors (Lipinski definition) is 1. The van der Waals surface area contributed by atoms with Crippen molar-refractivity contribution in [2.75, 3.05) is 26.7 Å². The van der Waals surface area contributed by atoms with E-state index in [4.69, 9.17) is 4.74 Å². The van der Waals surface area contributed by atoms with Crippen molar-refractivity contribution in [3.8, 4) is 5.75 Å². The largest absolute Gasteiger partial charge is 0.495 e. The highest BCUT2D eigenvalue weighted by Crippen LogP contribution is 2.32. The second-order valence-corrected chi connectivity index (χ2v) is 8.68. The lowest BCUT2D eigenvalue weighted by molar-refractivity contribution is -0.125. The van der Waals surface area contributed by atoms with Crippen molar-refractivity contribution in [2.45, 2.75) is 37.5 Å². The smallest absolute Gasteiger partial charge is 0.246 e. The molecule has 1 saturated heterocycles. The fourth-order valence-electron chi connectivity index (χ4n) is 3.07. The van der Waals surface area contributed by atoms with E-state index >= 15 is 0 Å². The maximum atomic E-state index is 13.1. The minimum atomic E-state index is -3.67. The van der Waals surface area contributed by atoms with Gasteiger partial charge in [0.2, 0.25) is 15.9 Å². The Bertz CT molecular complexity index is 751. The van der Waals surface area contributed by atoms with Gasteiger partial charge in [-0.05, 0) is 36.5 Å². The monoisotopic (exact) mass is 380 g/mol. The number of ether oxygens (including phenoxy) is 1. The van der Waals surface area contributed by atoms with Gasteiger partial charge in [-0.3, -0.25) is 4.79 Å². The summed E-state index contributed by atoms with van der Waals surface area (Å²) in [5, 5.41) is 2.78. The number of sulfonamides is 1. The Morgan fingerprint density at radius 1 is 1.38 bits per heavy atom. The van der Waals surface area contributed by atoms with Gasteiger partial charge in [0.1, 0.15) is 10.6 Å². The van der Waals surface area contributed by atoms with E-state index in [-0.39, 0.29) is 22.6 Å². The highest BCUT2D eigenvalue weighted by Gasteiger charge is 2.33. The Hall–Kier alpha value is -1.86. The Kier molecular flexibility index (Phi) is 6.83. The van der Waals surface area contributed by atoms with Crippen LogP contribution in [0.4, 0.5) is 0 Å². The van der Waals surface area contributed by atoms with Crippen LogP contribution in [0.15, 0.2) is 35.7 Å². The molecule has 1 heterocycles. The molecule has 1 aliphatic rings. The Balaban J connectivity index is 2.18. The first-order chi connectivity index (χ1) is 12.3. The first-order valence-corrected chi connectivity index (χ1v) is 10.3.